The second kappa shape index (κ2) is 7.01. The highest BCUT2D eigenvalue weighted by Gasteiger charge is 1.98. The molecule has 0 aromatic heterocycles. The highest BCUT2D eigenvalue weighted by molar-refractivity contribution is 5.81. The van der Waals surface area contributed by atoms with Crippen LogP contribution >= 0.6 is 0 Å². The second-order valence-corrected chi connectivity index (χ2v) is 3.83. The van der Waals surface area contributed by atoms with E-state index < -0.39 is 5.97 Å². The maximum absolute atomic E-state index is 11.4. The van der Waals surface area contributed by atoms with Crippen LogP contribution in [0.15, 0.2) is 73.0 Å². The number of esters is 1. The van der Waals surface area contributed by atoms with E-state index in [4.69, 9.17) is 9.47 Å². The average molecular weight is 254 g/mol. The minimum atomic E-state index is -0.431. The van der Waals surface area contributed by atoms with Gasteiger partial charge in [0, 0.05) is 0 Å². The van der Waals surface area contributed by atoms with E-state index in [9.17, 15) is 4.79 Å². The largest absolute Gasteiger partial charge is 0.465 e. The molecule has 3 nitrogen and oxygen atoms in total. The van der Waals surface area contributed by atoms with Crippen molar-refractivity contribution in [2.75, 3.05) is 0 Å². The summed E-state index contributed by atoms with van der Waals surface area (Å²) in [5, 5.41) is 0. The number of carbonyl (C=O) groups is 1. The monoisotopic (exact) mass is 254 g/mol. The summed E-state index contributed by atoms with van der Waals surface area (Å²) in [6.45, 7) is 0.259. The Labute approximate surface area is 112 Å². The summed E-state index contributed by atoms with van der Waals surface area (Å²) in [6.07, 6.45) is 2.58. The van der Waals surface area contributed by atoms with Crippen molar-refractivity contribution in [3.05, 3.63) is 78.6 Å². The highest BCUT2D eigenvalue weighted by atomic mass is 16.5. The van der Waals surface area contributed by atoms with Crippen LogP contribution in [0.4, 0.5) is 0 Å². The van der Waals surface area contributed by atoms with Crippen LogP contribution < -0.4 is 4.74 Å². The van der Waals surface area contributed by atoms with Crippen molar-refractivity contribution in [2.45, 2.75) is 6.61 Å². The van der Waals surface area contributed by atoms with Gasteiger partial charge in [0.2, 0.25) is 0 Å². The van der Waals surface area contributed by atoms with E-state index in [0.717, 1.165) is 5.56 Å². The minimum absolute atomic E-state index is 0.259. The Kier molecular flexibility index (Phi) is 4.76. The number of hydrogen-bond donors (Lipinski definition) is 0. The van der Waals surface area contributed by atoms with Crippen molar-refractivity contribution < 1.29 is 14.3 Å². The van der Waals surface area contributed by atoms with Gasteiger partial charge >= 0.3 is 5.97 Å². The molecular weight excluding hydrogens is 240 g/mol. The van der Waals surface area contributed by atoms with E-state index in [1.165, 1.54) is 12.3 Å². The summed E-state index contributed by atoms with van der Waals surface area (Å²) in [5.41, 5.74) is 0.952. The molecule has 0 bridgehead atoms. The molecule has 96 valence electrons. The van der Waals surface area contributed by atoms with Crippen LogP contribution in [0.3, 0.4) is 0 Å². The molecule has 0 amide bonds. The zero-order chi connectivity index (χ0) is 13.3. The number of rotatable bonds is 5. The molecule has 0 aliphatic heterocycles. The fourth-order valence-electron chi connectivity index (χ4n) is 1.44. The first-order valence-electron chi connectivity index (χ1n) is 5.93. The van der Waals surface area contributed by atoms with Crippen molar-refractivity contribution >= 4 is 5.97 Å². The number of carbonyl (C=O) groups excluding carboxylic acids is 1. The Morgan fingerprint density at radius 2 is 1.58 bits per heavy atom. The van der Waals surface area contributed by atoms with Crippen LogP contribution in [0.5, 0.6) is 5.75 Å². The lowest BCUT2D eigenvalue weighted by molar-refractivity contribution is -0.139. The topological polar surface area (TPSA) is 35.5 Å². The molecule has 0 aliphatic carbocycles. The fraction of sp³-hybridized carbons (Fsp3) is 0.0625. The van der Waals surface area contributed by atoms with Crippen LogP contribution in [0, 0.1) is 0 Å². The predicted molar refractivity (Wildman–Crippen MR) is 72.4 cm³/mol. The van der Waals surface area contributed by atoms with Gasteiger partial charge in [-0.3, -0.25) is 0 Å². The van der Waals surface area contributed by atoms with Crippen LogP contribution in [0.1, 0.15) is 5.56 Å². The fourth-order valence-corrected chi connectivity index (χ4v) is 1.44. The van der Waals surface area contributed by atoms with Gasteiger partial charge in [-0.05, 0) is 17.7 Å². The van der Waals surface area contributed by atoms with E-state index in [2.05, 4.69) is 0 Å². The zero-order valence-corrected chi connectivity index (χ0v) is 10.4. The summed E-state index contributed by atoms with van der Waals surface area (Å²) in [7, 11) is 0. The molecule has 2 aromatic carbocycles. The van der Waals surface area contributed by atoms with Gasteiger partial charge in [0.15, 0.2) is 0 Å². The Balaban J connectivity index is 1.75. The summed E-state index contributed by atoms with van der Waals surface area (Å²) < 4.78 is 10.3. The van der Waals surface area contributed by atoms with Gasteiger partial charge in [-0.1, -0.05) is 48.5 Å². The van der Waals surface area contributed by atoms with Gasteiger partial charge in [-0.25, -0.2) is 4.79 Å². The lowest BCUT2D eigenvalue weighted by Crippen LogP contribution is -2.01. The van der Waals surface area contributed by atoms with E-state index >= 15 is 0 Å². The Hall–Kier alpha value is -2.55. The average Bonchev–Trinajstić information content (AvgIpc) is 2.47. The normalized spacial score (nSPS) is 10.3. The van der Waals surface area contributed by atoms with Gasteiger partial charge in [-0.2, -0.15) is 0 Å². The molecule has 0 aliphatic rings. The first-order valence-corrected chi connectivity index (χ1v) is 5.93. The molecular formula is C16H14O3. The summed E-state index contributed by atoms with van der Waals surface area (Å²) in [5.74, 6) is 0.245. The van der Waals surface area contributed by atoms with Crippen molar-refractivity contribution in [3.8, 4) is 5.75 Å². The molecule has 2 rings (SSSR count). The molecule has 0 saturated heterocycles. The molecule has 0 radical (unpaired) electrons. The molecule has 0 N–H and O–H groups in total. The molecule has 0 heterocycles. The van der Waals surface area contributed by atoms with Crippen molar-refractivity contribution in [1.82, 2.24) is 0 Å². The first kappa shape index (κ1) is 12.9. The van der Waals surface area contributed by atoms with E-state index in [0.29, 0.717) is 5.75 Å². The van der Waals surface area contributed by atoms with Gasteiger partial charge in [0.25, 0.3) is 0 Å². The van der Waals surface area contributed by atoms with Crippen molar-refractivity contribution in [1.29, 1.82) is 0 Å². The highest BCUT2D eigenvalue weighted by Crippen LogP contribution is 2.08. The standard InChI is InChI=1S/C16H14O3/c17-16(19-13-14-7-3-1-4-8-14)11-12-18-15-9-5-2-6-10-15/h1-12H,13H2. The van der Waals surface area contributed by atoms with Crippen molar-refractivity contribution in [3.63, 3.8) is 0 Å². The van der Waals surface area contributed by atoms with E-state index in [1.807, 2.05) is 48.5 Å². The second-order valence-electron chi connectivity index (χ2n) is 3.83. The van der Waals surface area contributed by atoms with Crippen LogP contribution in [-0.2, 0) is 16.1 Å². The number of benzene rings is 2. The third-order valence-corrected chi connectivity index (χ3v) is 2.38. The van der Waals surface area contributed by atoms with Crippen LogP contribution in [0.2, 0.25) is 0 Å². The molecule has 0 fully saturated rings. The number of hydrogen-bond acceptors (Lipinski definition) is 3. The summed E-state index contributed by atoms with van der Waals surface area (Å²) in [4.78, 5) is 11.4. The maximum atomic E-state index is 11.4. The summed E-state index contributed by atoms with van der Waals surface area (Å²) in [6, 6.07) is 18.7. The third-order valence-electron chi connectivity index (χ3n) is 2.38. The Bertz CT molecular complexity index is 532. The lowest BCUT2D eigenvalue weighted by Gasteiger charge is -2.02. The van der Waals surface area contributed by atoms with Crippen LogP contribution in [-0.4, -0.2) is 5.97 Å². The molecule has 0 saturated carbocycles. The van der Waals surface area contributed by atoms with Gasteiger partial charge in [0.1, 0.15) is 12.4 Å². The molecule has 19 heavy (non-hydrogen) atoms. The smallest absolute Gasteiger partial charge is 0.334 e. The third kappa shape index (κ3) is 4.68. The van der Waals surface area contributed by atoms with Crippen molar-refractivity contribution in [2.24, 2.45) is 0 Å². The quantitative estimate of drug-likeness (QED) is 0.466. The number of ether oxygens (including phenoxy) is 2. The van der Waals surface area contributed by atoms with E-state index in [-0.39, 0.29) is 6.61 Å². The first-order chi connectivity index (χ1) is 9.34. The Morgan fingerprint density at radius 3 is 2.26 bits per heavy atom. The molecule has 3 heteroatoms. The van der Waals surface area contributed by atoms with Gasteiger partial charge in [0.05, 0.1) is 12.3 Å². The lowest BCUT2D eigenvalue weighted by atomic mass is 10.2. The zero-order valence-electron chi connectivity index (χ0n) is 10.4. The van der Waals surface area contributed by atoms with E-state index in [1.54, 1.807) is 12.1 Å². The Morgan fingerprint density at radius 1 is 0.947 bits per heavy atom. The molecule has 2 aromatic rings. The maximum Gasteiger partial charge on any atom is 0.334 e. The van der Waals surface area contributed by atoms with Gasteiger partial charge < -0.3 is 9.47 Å². The van der Waals surface area contributed by atoms with Gasteiger partial charge in [-0.15, -0.1) is 0 Å². The predicted octanol–water partition coefficient (Wildman–Crippen LogP) is 3.32. The molecule has 0 atom stereocenters. The number of para-hydroxylation sites is 1. The molecule has 0 spiro atoms. The molecule has 0 unspecified atom stereocenters. The summed E-state index contributed by atoms with van der Waals surface area (Å²) >= 11 is 0. The SMILES string of the molecule is O=C(C=COc1ccccc1)OCc1ccccc1. The van der Waals surface area contributed by atoms with Crippen LogP contribution in [0.25, 0.3) is 0 Å². The minimum Gasteiger partial charge on any atom is -0.465 e.